The summed E-state index contributed by atoms with van der Waals surface area (Å²) < 4.78 is 10.4. The molecule has 2 aromatic heterocycles. The van der Waals surface area contributed by atoms with Gasteiger partial charge in [0.2, 0.25) is 0 Å². The predicted molar refractivity (Wildman–Crippen MR) is 117 cm³/mol. The summed E-state index contributed by atoms with van der Waals surface area (Å²) in [6.07, 6.45) is 1.49. The number of pyridine rings is 1. The fourth-order valence-corrected chi connectivity index (χ4v) is 2.89. The van der Waals surface area contributed by atoms with Crippen LogP contribution in [-0.4, -0.2) is 51.9 Å². The minimum absolute atomic E-state index is 0.00564. The van der Waals surface area contributed by atoms with E-state index in [2.05, 4.69) is 30.9 Å². The van der Waals surface area contributed by atoms with Gasteiger partial charge in [0.1, 0.15) is 11.3 Å². The van der Waals surface area contributed by atoms with Crippen LogP contribution in [0, 0.1) is 0 Å². The Morgan fingerprint density at radius 3 is 2.50 bits per heavy atom. The Hall–Kier alpha value is -3.73. The van der Waals surface area contributed by atoms with Crippen molar-refractivity contribution >= 4 is 51.8 Å². The first-order valence-electron chi connectivity index (χ1n) is 8.90. The van der Waals surface area contributed by atoms with E-state index in [1.807, 2.05) is 6.92 Å². The van der Waals surface area contributed by atoms with Gasteiger partial charge in [-0.15, -0.1) is 0 Å². The van der Waals surface area contributed by atoms with Gasteiger partial charge in [-0.05, 0) is 31.3 Å². The number of ether oxygens (including phenoxy) is 2. The number of nitrogens with zero attached hydrogens (tertiary/aromatic N) is 3. The molecular formula is C19H20N6O4S. The van der Waals surface area contributed by atoms with Crippen molar-refractivity contribution in [2.75, 3.05) is 31.4 Å². The SMILES string of the molecule is CCNC(=S)Nc1ccc2ncc(Nc3cc(OC)c(OC)cc3C(=O)O)nc2n1. The molecular weight excluding hydrogens is 408 g/mol. The van der Waals surface area contributed by atoms with Crippen molar-refractivity contribution in [2.45, 2.75) is 6.92 Å². The maximum Gasteiger partial charge on any atom is 0.337 e. The maximum atomic E-state index is 11.7. The molecule has 0 aliphatic heterocycles. The van der Waals surface area contributed by atoms with Gasteiger partial charge in [0.25, 0.3) is 0 Å². The second kappa shape index (κ2) is 9.18. The zero-order valence-electron chi connectivity index (χ0n) is 16.5. The molecule has 0 fully saturated rings. The van der Waals surface area contributed by atoms with Crippen molar-refractivity contribution in [3.8, 4) is 11.5 Å². The van der Waals surface area contributed by atoms with E-state index in [0.717, 1.165) is 0 Å². The first-order chi connectivity index (χ1) is 14.4. The topological polar surface area (TPSA) is 131 Å². The van der Waals surface area contributed by atoms with Gasteiger partial charge >= 0.3 is 5.97 Å². The van der Waals surface area contributed by atoms with Gasteiger partial charge in [0, 0.05) is 18.7 Å². The number of nitrogens with one attached hydrogen (secondary N) is 3. The third-order valence-corrected chi connectivity index (χ3v) is 4.25. The molecule has 156 valence electrons. The molecule has 1 aromatic carbocycles. The number of anilines is 3. The van der Waals surface area contributed by atoms with Crippen LogP contribution in [0.4, 0.5) is 17.3 Å². The number of hydrogen-bond acceptors (Lipinski definition) is 8. The largest absolute Gasteiger partial charge is 0.493 e. The minimum atomic E-state index is -1.13. The summed E-state index contributed by atoms with van der Waals surface area (Å²) in [7, 11) is 2.90. The number of rotatable bonds is 7. The van der Waals surface area contributed by atoms with Crippen LogP contribution in [0.3, 0.4) is 0 Å². The van der Waals surface area contributed by atoms with Crippen molar-refractivity contribution in [1.29, 1.82) is 0 Å². The van der Waals surface area contributed by atoms with E-state index >= 15 is 0 Å². The van der Waals surface area contributed by atoms with Gasteiger partial charge in [-0.25, -0.2) is 19.7 Å². The number of carboxylic acid groups (broad SMARTS) is 1. The molecule has 0 saturated heterocycles. The molecule has 0 spiro atoms. The summed E-state index contributed by atoms with van der Waals surface area (Å²) in [4.78, 5) is 24.8. The van der Waals surface area contributed by atoms with E-state index in [0.29, 0.717) is 46.0 Å². The Bertz CT molecular complexity index is 1110. The molecule has 0 atom stereocenters. The Labute approximate surface area is 177 Å². The van der Waals surface area contributed by atoms with Crippen LogP contribution in [-0.2, 0) is 0 Å². The molecule has 0 bridgehead atoms. The van der Waals surface area contributed by atoms with Crippen LogP contribution >= 0.6 is 12.2 Å². The van der Waals surface area contributed by atoms with Gasteiger partial charge in [0.05, 0.1) is 31.7 Å². The number of carbonyl (C=O) groups is 1. The lowest BCUT2D eigenvalue weighted by molar-refractivity contribution is 0.0697. The lowest BCUT2D eigenvalue weighted by Gasteiger charge is -2.14. The zero-order valence-corrected chi connectivity index (χ0v) is 17.3. The number of aromatic nitrogens is 3. The van der Waals surface area contributed by atoms with E-state index in [9.17, 15) is 9.90 Å². The van der Waals surface area contributed by atoms with E-state index < -0.39 is 5.97 Å². The number of hydrogen-bond donors (Lipinski definition) is 4. The van der Waals surface area contributed by atoms with Crippen LogP contribution in [0.25, 0.3) is 11.2 Å². The number of benzene rings is 1. The monoisotopic (exact) mass is 428 g/mol. The second-order valence-electron chi connectivity index (χ2n) is 5.96. The standard InChI is InChI=1S/C19H20N6O4S/c1-4-20-19(30)25-15-6-5-11-17(23-15)24-16(9-21-11)22-12-8-14(29-3)13(28-2)7-10(12)18(26)27/h5-9H,4H2,1-3H3,(H,26,27)(H3,20,22,23,24,25,30). The van der Waals surface area contributed by atoms with Gasteiger partial charge < -0.3 is 30.5 Å². The molecule has 0 unspecified atom stereocenters. The van der Waals surface area contributed by atoms with E-state index in [4.69, 9.17) is 21.7 Å². The number of methoxy groups -OCH3 is 2. The van der Waals surface area contributed by atoms with Crippen LogP contribution in [0.15, 0.2) is 30.5 Å². The summed E-state index contributed by atoms with van der Waals surface area (Å²) in [5.74, 6) is 0.376. The Kier molecular flexibility index (Phi) is 6.42. The fraction of sp³-hybridized carbons (Fsp3) is 0.211. The smallest absolute Gasteiger partial charge is 0.337 e. The molecule has 30 heavy (non-hydrogen) atoms. The molecule has 0 aliphatic rings. The van der Waals surface area contributed by atoms with E-state index in [1.54, 1.807) is 12.1 Å². The summed E-state index contributed by atoms with van der Waals surface area (Å²) in [6.45, 7) is 2.62. The third-order valence-electron chi connectivity index (χ3n) is 4.00. The molecule has 3 rings (SSSR count). The molecule has 0 aliphatic carbocycles. The molecule has 11 heteroatoms. The second-order valence-corrected chi connectivity index (χ2v) is 6.37. The quantitative estimate of drug-likeness (QED) is 0.414. The van der Waals surface area contributed by atoms with Gasteiger partial charge in [-0.3, -0.25) is 0 Å². The highest BCUT2D eigenvalue weighted by Crippen LogP contribution is 2.34. The van der Waals surface area contributed by atoms with E-state index in [-0.39, 0.29) is 11.3 Å². The van der Waals surface area contributed by atoms with Crippen LogP contribution in [0.5, 0.6) is 11.5 Å². The van der Waals surface area contributed by atoms with Crippen LogP contribution < -0.4 is 25.4 Å². The Balaban J connectivity index is 1.95. The van der Waals surface area contributed by atoms with Crippen molar-refractivity contribution < 1.29 is 19.4 Å². The average Bonchev–Trinajstić information content (AvgIpc) is 2.73. The number of aromatic carboxylic acids is 1. The highest BCUT2D eigenvalue weighted by Gasteiger charge is 2.17. The zero-order chi connectivity index (χ0) is 21.7. The average molecular weight is 428 g/mol. The summed E-state index contributed by atoms with van der Waals surface area (Å²) >= 11 is 5.16. The molecule has 4 N–H and O–H groups in total. The third kappa shape index (κ3) is 4.63. The molecule has 2 heterocycles. The molecule has 0 amide bonds. The van der Waals surface area contributed by atoms with Gasteiger partial charge in [-0.2, -0.15) is 0 Å². The summed E-state index contributed by atoms with van der Waals surface area (Å²) in [5.41, 5.74) is 1.21. The van der Waals surface area contributed by atoms with Gasteiger partial charge in [0.15, 0.2) is 28.1 Å². The molecule has 3 aromatic rings. The maximum absolute atomic E-state index is 11.7. The van der Waals surface area contributed by atoms with Gasteiger partial charge in [-0.1, -0.05) is 0 Å². The first-order valence-corrected chi connectivity index (χ1v) is 9.31. The Morgan fingerprint density at radius 2 is 1.83 bits per heavy atom. The predicted octanol–water partition coefficient (Wildman–Crippen LogP) is 2.79. The summed E-state index contributed by atoms with van der Waals surface area (Å²) in [6, 6.07) is 6.40. The number of fused-ring (bicyclic) bond motifs is 1. The van der Waals surface area contributed by atoms with Crippen molar-refractivity contribution in [1.82, 2.24) is 20.3 Å². The lowest BCUT2D eigenvalue weighted by atomic mass is 10.1. The lowest BCUT2D eigenvalue weighted by Crippen LogP contribution is -2.28. The fourth-order valence-electron chi connectivity index (χ4n) is 2.65. The van der Waals surface area contributed by atoms with Crippen LogP contribution in [0.1, 0.15) is 17.3 Å². The van der Waals surface area contributed by atoms with Crippen LogP contribution in [0.2, 0.25) is 0 Å². The number of thiocarbonyl (C=S) groups is 1. The highest BCUT2D eigenvalue weighted by atomic mass is 32.1. The molecule has 0 radical (unpaired) electrons. The minimum Gasteiger partial charge on any atom is -0.493 e. The van der Waals surface area contributed by atoms with E-state index in [1.165, 1.54) is 32.5 Å². The number of carboxylic acids is 1. The normalized spacial score (nSPS) is 10.4. The first kappa shape index (κ1) is 21.0. The highest BCUT2D eigenvalue weighted by molar-refractivity contribution is 7.80. The summed E-state index contributed by atoms with van der Waals surface area (Å²) in [5, 5.41) is 18.9. The molecule has 0 saturated carbocycles. The van der Waals surface area contributed by atoms with Crippen molar-refractivity contribution in [2.24, 2.45) is 0 Å². The van der Waals surface area contributed by atoms with Crippen molar-refractivity contribution in [3.05, 3.63) is 36.0 Å². The molecule has 10 nitrogen and oxygen atoms in total. The van der Waals surface area contributed by atoms with Crippen molar-refractivity contribution in [3.63, 3.8) is 0 Å². The Morgan fingerprint density at radius 1 is 1.13 bits per heavy atom.